The van der Waals surface area contributed by atoms with E-state index in [2.05, 4.69) is 38.0 Å². The molecule has 1 aromatic rings. The average Bonchev–Trinajstić information content (AvgIpc) is 3.05. The number of nitrogens with one attached hydrogen (secondary N) is 1. The van der Waals surface area contributed by atoms with E-state index in [1.165, 1.54) is 17.0 Å². The Morgan fingerprint density at radius 1 is 1.48 bits per heavy atom. The molecular weight excluding hydrogens is 282 g/mol. The van der Waals surface area contributed by atoms with Crippen LogP contribution in [0.15, 0.2) is 0 Å². The molecule has 0 saturated carbocycles. The normalized spacial score (nSPS) is 27.6. The Morgan fingerprint density at radius 2 is 2.29 bits per heavy atom. The summed E-state index contributed by atoms with van der Waals surface area (Å²) in [6.07, 6.45) is 3.41. The molecule has 1 fully saturated rings. The second-order valence-electron chi connectivity index (χ2n) is 7.09. The van der Waals surface area contributed by atoms with Crippen LogP contribution >= 0.6 is 11.3 Å². The number of aromatic nitrogens is 1. The van der Waals surface area contributed by atoms with Crippen LogP contribution < -0.4 is 10.2 Å². The molecule has 4 nitrogen and oxygen atoms in total. The molecule has 2 unspecified atom stereocenters. The first-order valence-electron chi connectivity index (χ1n) is 8.04. The molecule has 2 heterocycles. The summed E-state index contributed by atoms with van der Waals surface area (Å²) in [7, 11) is 2.16. The zero-order valence-electron chi connectivity index (χ0n) is 13.6. The number of hydrogen-bond acceptors (Lipinski definition) is 5. The number of nitrogens with zero attached hydrogens (tertiary/aromatic N) is 2. The fourth-order valence-corrected chi connectivity index (χ4v) is 4.66. The molecule has 1 aliphatic carbocycles. The Kier molecular flexibility index (Phi) is 4.26. The van der Waals surface area contributed by atoms with E-state index in [1.807, 2.05) is 11.3 Å². The van der Waals surface area contributed by atoms with Gasteiger partial charge in [-0.2, -0.15) is 0 Å². The molecule has 21 heavy (non-hydrogen) atoms. The van der Waals surface area contributed by atoms with E-state index in [-0.39, 0.29) is 0 Å². The van der Waals surface area contributed by atoms with Gasteiger partial charge in [0.1, 0.15) is 0 Å². The number of fused-ring (bicyclic) bond motifs is 1. The molecule has 1 aromatic heterocycles. The highest BCUT2D eigenvalue weighted by Gasteiger charge is 2.35. The third-order valence-corrected chi connectivity index (χ3v) is 5.94. The predicted molar refractivity (Wildman–Crippen MR) is 88.3 cm³/mol. The van der Waals surface area contributed by atoms with Crippen molar-refractivity contribution in [2.45, 2.75) is 52.1 Å². The van der Waals surface area contributed by atoms with Crippen LogP contribution in [0, 0.1) is 5.41 Å². The number of thiazole rings is 1. The summed E-state index contributed by atoms with van der Waals surface area (Å²) in [6.45, 7) is 9.63. The summed E-state index contributed by atoms with van der Waals surface area (Å²) in [5, 5.41) is 4.81. The second kappa shape index (κ2) is 5.86. The molecule has 0 radical (unpaired) electrons. The Morgan fingerprint density at radius 3 is 2.95 bits per heavy atom. The Bertz CT molecular complexity index is 494. The third kappa shape index (κ3) is 3.10. The smallest absolute Gasteiger partial charge is 0.185 e. The van der Waals surface area contributed by atoms with Gasteiger partial charge in [0.2, 0.25) is 0 Å². The number of rotatable bonds is 4. The van der Waals surface area contributed by atoms with E-state index in [0.29, 0.717) is 17.5 Å². The topological polar surface area (TPSA) is 37.4 Å². The van der Waals surface area contributed by atoms with Crippen LogP contribution in [0.5, 0.6) is 0 Å². The summed E-state index contributed by atoms with van der Waals surface area (Å²) in [5.41, 5.74) is 1.64. The van der Waals surface area contributed by atoms with Crippen molar-refractivity contribution in [3.63, 3.8) is 0 Å². The molecule has 0 bridgehead atoms. The van der Waals surface area contributed by atoms with E-state index >= 15 is 0 Å². The van der Waals surface area contributed by atoms with Gasteiger partial charge in [0.25, 0.3) is 0 Å². The van der Waals surface area contributed by atoms with Gasteiger partial charge in [-0.15, -0.1) is 0 Å². The minimum atomic E-state index is 0.334. The Balaban J connectivity index is 1.86. The second-order valence-corrected chi connectivity index (χ2v) is 8.10. The molecule has 2 atom stereocenters. The lowest BCUT2D eigenvalue weighted by Crippen LogP contribution is -2.32. The van der Waals surface area contributed by atoms with E-state index < -0.39 is 0 Å². The lowest BCUT2D eigenvalue weighted by atomic mass is 9.76. The summed E-state index contributed by atoms with van der Waals surface area (Å²) in [5.74, 6) is 0. The van der Waals surface area contributed by atoms with Gasteiger partial charge in [-0.05, 0) is 31.2 Å². The lowest BCUT2D eigenvalue weighted by Gasteiger charge is -2.34. The van der Waals surface area contributed by atoms with E-state index in [9.17, 15) is 0 Å². The molecule has 5 heteroatoms. The monoisotopic (exact) mass is 309 g/mol. The van der Waals surface area contributed by atoms with Gasteiger partial charge < -0.3 is 15.0 Å². The molecular formula is C16H27N3OS. The first kappa shape index (κ1) is 15.3. The molecule has 1 saturated heterocycles. The summed E-state index contributed by atoms with van der Waals surface area (Å²) >= 11 is 1.88. The zero-order valence-corrected chi connectivity index (χ0v) is 14.4. The summed E-state index contributed by atoms with van der Waals surface area (Å²) in [4.78, 5) is 8.75. The number of hydrogen-bond donors (Lipinski definition) is 1. The molecule has 3 rings (SSSR count). The highest BCUT2D eigenvalue weighted by atomic mass is 32.1. The maximum Gasteiger partial charge on any atom is 0.185 e. The van der Waals surface area contributed by atoms with Crippen LogP contribution in [0.2, 0.25) is 0 Å². The van der Waals surface area contributed by atoms with Gasteiger partial charge in [0, 0.05) is 24.6 Å². The van der Waals surface area contributed by atoms with Gasteiger partial charge in [-0.1, -0.05) is 32.1 Å². The van der Waals surface area contributed by atoms with Crippen molar-refractivity contribution in [3.8, 4) is 0 Å². The first-order valence-corrected chi connectivity index (χ1v) is 8.85. The number of anilines is 1. The molecule has 118 valence electrons. The first-order chi connectivity index (χ1) is 10.00. The molecule has 1 aliphatic heterocycles. The quantitative estimate of drug-likeness (QED) is 0.928. The Hall–Kier alpha value is -0.650. The average molecular weight is 309 g/mol. The standard InChI is InChI=1S/C16H27N3OS/c1-5-17-12-8-16(2,3)9-13-14(12)21-15(18-13)19(4)11-6-7-20-10-11/h11-12,17H,5-10H2,1-4H3. The largest absolute Gasteiger partial charge is 0.379 e. The van der Waals surface area contributed by atoms with Crippen LogP contribution in [0.4, 0.5) is 5.13 Å². The fourth-order valence-electron chi connectivity index (χ4n) is 3.47. The molecule has 2 aliphatic rings. The van der Waals surface area contributed by atoms with Crippen LogP contribution in [-0.2, 0) is 11.2 Å². The number of likely N-dealkylation sites (N-methyl/N-ethyl adjacent to an activating group) is 1. The summed E-state index contributed by atoms with van der Waals surface area (Å²) < 4.78 is 5.52. The third-order valence-electron chi connectivity index (χ3n) is 4.64. The van der Waals surface area contributed by atoms with E-state index in [0.717, 1.165) is 37.7 Å². The van der Waals surface area contributed by atoms with Crippen molar-refractivity contribution >= 4 is 16.5 Å². The predicted octanol–water partition coefficient (Wildman–Crippen LogP) is 2.99. The van der Waals surface area contributed by atoms with Crippen molar-refractivity contribution in [3.05, 3.63) is 10.6 Å². The van der Waals surface area contributed by atoms with Gasteiger partial charge >= 0.3 is 0 Å². The van der Waals surface area contributed by atoms with Crippen molar-refractivity contribution in [2.24, 2.45) is 5.41 Å². The van der Waals surface area contributed by atoms with Crippen molar-refractivity contribution in [1.29, 1.82) is 0 Å². The van der Waals surface area contributed by atoms with E-state index in [1.54, 1.807) is 0 Å². The van der Waals surface area contributed by atoms with Crippen LogP contribution in [0.3, 0.4) is 0 Å². The van der Waals surface area contributed by atoms with Gasteiger partial charge in [0.15, 0.2) is 5.13 Å². The SMILES string of the molecule is CCNC1CC(C)(C)Cc2nc(N(C)C3CCOC3)sc21. The van der Waals surface area contributed by atoms with Gasteiger partial charge in [-0.25, -0.2) is 4.98 Å². The lowest BCUT2D eigenvalue weighted by molar-refractivity contribution is 0.193. The van der Waals surface area contributed by atoms with E-state index in [4.69, 9.17) is 9.72 Å². The van der Waals surface area contributed by atoms with Crippen molar-refractivity contribution in [1.82, 2.24) is 10.3 Å². The molecule has 0 amide bonds. The zero-order chi connectivity index (χ0) is 15.0. The molecule has 1 N–H and O–H groups in total. The highest BCUT2D eigenvalue weighted by Crippen LogP contribution is 2.44. The molecule has 0 spiro atoms. The highest BCUT2D eigenvalue weighted by molar-refractivity contribution is 7.15. The minimum absolute atomic E-state index is 0.334. The van der Waals surface area contributed by atoms with Crippen LogP contribution in [-0.4, -0.2) is 37.8 Å². The maximum absolute atomic E-state index is 5.52. The van der Waals surface area contributed by atoms with Gasteiger partial charge in [0.05, 0.1) is 18.3 Å². The van der Waals surface area contributed by atoms with Crippen LogP contribution in [0.25, 0.3) is 0 Å². The maximum atomic E-state index is 5.52. The fraction of sp³-hybridized carbons (Fsp3) is 0.812. The Labute approximate surface area is 131 Å². The molecule has 0 aromatic carbocycles. The van der Waals surface area contributed by atoms with Crippen molar-refractivity contribution in [2.75, 3.05) is 31.7 Å². The van der Waals surface area contributed by atoms with Crippen molar-refractivity contribution < 1.29 is 4.74 Å². The number of ether oxygens (including phenoxy) is 1. The van der Waals surface area contributed by atoms with Crippen LogP contribution in [0.1, 0.15) is 50.2 Å². The minimum Gasteiger partial charge on any atom is -0.379 e. The van der Waals surface area contributed by atoms with Gasteiger partial charge in [-0.3, -0.25) is 0 Å². The summed E-state index contributed by atoms with van der Waals surface area (Å²) in [6, 6.07) is 0.955.